The maximum Gasteiger partial charge on any atom is 0.332 e. The number of ketones is 2. The average Bonchev–Trinajstić information content (AvgIpc) is 3.31. The van der Waals surface area contributed by atoms with Crippen LogP contribution in [-0.4, -0.2) is 33.1 Å². The molecule has 0 bridgehead atoms. The third-order valence-corrected chi connectivity index (χ3v) is 5.59. The molecule has 164 valence electrons. The highest BCUT2D eigenvalue weighted by molar-refractivity contribution is 6.47. The van der Waals surface area contributed by atoms with Gasteiger partial charge in [0.15, 0.2) is 11.5 Å². The van der Waals surface area contributed by atoms with Crippen molar-refractivity contribution in [1.29, 1.82) is 0 Å². The SMILES string of the molecule is CCn1c2ccc(C(=O)c3ccc(O)cc3)cc2c2c3c(ccc21)C(=O)/C(=N/OC(C)=O)O3. The van der Waals surface area contributed by atoms with Crippen LogP contribution in [0, 0.1) is 0 Å². The third kappa shape index (κ3) is 3.23. The number of ether oxygens (including phenoxy) is 1. The van der Waals surface area contributed by atoms with Gasteiger partial charge in [0.05, 0.1) is 16.5 Å². The highest BCUT2D eigenvalue weighted by atomic mass is 16.7. The van der Waals surface area contributed by atoms with E-state index in [-0.39, 0.29) is 17.4 Å². The zero-order chi connectivity index (χ0) is 23.3. The molecule has 4 aromatic rings. The molecule has 0 unspecified atom stereocenters. The fourth-order valence-electron chi connectivity index (χ4n) is 4.13. The summed E-state index contributed by atoms with van der Waals surface area (Å²) in [5.74, 6) is -1.27. The van der Waals surface area contributed by atoms with Crippen molar-refractivity contribution in [2.24, 2.45) is 5.16 Å². The molecular weight excluding hydrogens is 424 g/mol. The number of carbonyl (C=O) groups excluding carboxylic acids is 3. The molecule has 1 N–H and O–H groups in total. The topological polar surface area (TPSA) is 107 Å². The molecule has 0 spiro atoms. The van der Waals surface area contributed by atoms with Crippen LogP contribution in [0.3, 0.4) is 0 Å². The highest BCUT2D eigenvalue weighted by Gasteiger charge is 2.33. The summed E-state index contributed by atoms with van der Waals surface area (Å²) in [6.07, 6.45) is 0. The number of aromatic nitrogens is 1. The molecule has 1 aliphatic heterocycles. The first-order valence-corrected chi connectivity index (χ1v) is 10.3. The average molecular weight is 442 g/mol. The Balaban J connectivity index is 1.71. The Morgan fingerprint density at radius 3 is 2.42 bits per heavy atom. The Hall–Kier alpha value is -4.46. The lowest BCUT2D eigenvalue weighted by atomic mass is 10.00. The maximum absolute atomic E-state index is 13.1. The van der Waals surface area contributed by atoms with Gasteiger partial charge in [0.1, 0.15) is 5.75 Å². The number of Topliss-reactive ketones (excluding diaryl/α,β-unsaturated/α-hetero) is 1. The molecule has 2 heterocycles. The molecule has 0 atom stereocenters. The second-order valence-corrected chi connectivity index (χ2v) is 7.60. The van der Waals surface area contributed by atoms with Crippen molar-refractivity contribution >= 4 is 45.2 Å². The van der Waals surface area contributed by atoms with E-state index >= 15 is 0 Å². The van der Waals surface area contributed by atoms with E-state index in [4.69, 9.17) is 4.74 Å². The number of phenolic OH excluding ortho intramolecular Hbond substituents is 1. The van der Waals surface area contributed by atoms with Gasteiger partial charge >= 0.3 is 11.9 Å². The van der Waals surface area contributed by atoms with Crippen LogP contribution in [0.15, 0.2) is 59.8 Å². The first-order chi connectivity index (χ1) is 15.9. The molecule has 0 aliphatic carbocycles. The zero-order valence-electron chi connectivity index (χ0n) is 17.8. The molecule has 1 aromatic heterocycles. The summed E-state index contributed by atoms with van der Waals surface area (Å²) >= 11 is 0. The Labute approximate surface area is 187 Å². The van der Waals surface area contributed by atoms with Crippen molar-refractivity contribution in [1.82, 2.24) is 4.57 Å². The number of benzene rings is 3. The van der Waals surface area contributed by atoms with E-state index in [9.17, 15) is 19.5 Å². The van der Waals surface area contributed by atoms with E-state index < -0.39 is 11.8 Å². The summed E-state index contributed by atoms with van der Waals surface area (Å²) in [4.78, 5) is 41.5. The van der Waals surface area contributed by atoms with Gasteiger partial charge in [0.25, 0.3) is 5.78 Å². The Kier molecular flexibility index (Phi) is 4.70. The van der Waals surface area contributed by atoms with E-state index in [0.717, 1.165) is 16.4 Å². The minimum Gasteiger partial charge on any atom is -0.508 e. The zero-order valence-corrected chi connectivity index (χ0v) is 17.8. The molecule has 0 saturated heterocycles. The van der Waals surface area contributed by atoms with E-state index in [2.05, 4.69) is 14.6 Å². The Morgan fingerprint density at radius 2 is 1.73 bits per heavy atom. The first kappa shape index (κ1) is 20.4. The minimum atomic E-state index is -0.667. The first-order valence-electron chi connectivity index (χ1n) is 10.3. The monoisotopic (exact) mass is 442 g/mol. The number of fused-ring (bicyclic) bond motifs is 5. The summed E-state index contributed by atoms with van der Waals surface area (Å²) in [7, 11) is 0. The van der Waals surface area contributed by atoms with Crippen LogP contribution in [-0.2, 0) is 16.2 Å². The van der Waals surface area contributed by atoms with Gasteiger partial charge in [0.2, 0.25) is 0 Å². The molecule has 0 amide bonds. The van der Waals surface area contributed by atoms with Crippen molar-refractivity contribution < 1.29 is 29.1 Å². The molecule has 3 aromatic carbocycles. The smallest absolute Gasteiger partial charge is 0.332 e. The second kappa shape index (κ2) is 7.59. The molecule has 1 aliphatic rings. The molecule has 8 nitrogen and oxygen atoms in total. The van der Waals surface area contributed by atoms with E-state index in [1.165, 1.54) is 19.1 Å². The minimum absolute atomic E-state index is 0.0802. The number of hydrogen-bond donors (Lipinski definition) is 1. The number of aromatic hydroxyl groups is 1. The van der Waals surface area contributed by atoms with Crippen LogP contribution in [0.1, 0.15) is 40.1 Å². The Bertz CT molecular complexity index is 1510. The third-order valence-electron chi connectivity index (χ3n) is 5.59. The van der Waals surface area contributed by atoms with Crippen LogP contribution in [0.4, 0.5) is 0 Å². The van der Waals surface area contributed by atoms with Gasteiger partial charge in [0, 0.05) is 35.5 Å². The van der Waals surface area contributed by atoms with Crippen molar-refractivity contribution in [3.8, 4) is 11.5 Å². The number of phenols is 1. The van der Waals surface area contributed by atoms with Gasteiger partial charge in [-0.2, -0.15) is 0 Å². The lowest BCUT2D eigenvalue weighted by Gasteiger charge is -2.04. The van der Waals surface area contributed by atoms with Gasteiger partial charge < -0.3 is 19.2 Å². The van der Waals surface area contributed by atoms with Crippen LogP contribution < -0.4 is 4.74 Å². The molecule has 5 rings (SSSR count). The van der Waals surface area contributed by atoms with E-state index in [1.807, 2.05) is 19.1 Å². The summed E-state index contributed by atoms with van der Waals surface area (Å²) in [5, 5.41) is 14.5. The molecule has 0 radical (unpaired) electrons. The standard InChI is InChI=1S/C25H18N2O6/c1-3-27-19-10-6-15(22(30)14-4-7-16(29)8-5-14)12-18(19)21-20(27)11-9-17-23(31)25(32-24(17)21)26-33-13(2)28/h4-12,29H,3H2,1-2H3/b26-25-. The summed E-state index contributed by atoms with van der Waals surface area (Å²) < 4.78 is 7.81. The van der Waals surface area contributed by atoms with Crippen LogP contribution in [0.2, 0.25) is 0 Å². The van der Waals surface area contributed by atoms with Crippen molar-refractivity contribution in [2.75, 3.05) is 0 Å². The summed E-state index contributed by atoms with van der Waals surface area (Å²) in [6.45, 7) is 3.84. The second-order valence-electron chi connectivity index (χ2n) is 7.60. The summed E-state index contributed by atoms with van der Waals surface area (Å²) in [6, 6.07) is 14.9. The lowest BCUT2D eigenvalue weighted by molar-refractivity contribution is -0.141. The fraction of sp³-hybridized carbons (Fsp3) is 0.120. The molecule has 0 fully saturated rings. The van der Waals surface area contributed by atoms with Crippen molar-refractivity contribution in [3.63, 3.8) is 0 Å². The lowest BCUT2D eigenvalue weighted by Crippen LogP contribution is -2.13. The van der Waals surface area contributed by atoms with E-state index in [0.29, 0.717) is 34.4 Å². The molecule has 33 heavy (non-hydrogen) atoms. The maximum atomic E-state index is 13.1. The van der Waals surface area contributed by atoms with E-state index in [1.54, 1.807) is 30.3 Å². The molecule has 0 saturated carbocycles. The predicted molar refractivity (Wildman–Crippen MR) is 121 cm³/mol. The predicted octanol–water partition coefficient (Wildman–Crippen LogP) is 4.20. The number of hydrogen-bond acceptors (Lipinski definition) is 7. The number of oxime groups is 1. The molecular formula is C25H18N2O6. The normalized spacial score (nSPS) is 14.0. The largest absolute Gasteiger partial charge is 0.508 e. The van der Waals surface area contributed by atoms with Gasteiger partial charge in [-0.25, -0.2) is 4.79 Å². The van der Waals surface area contributed by atoms with Crippen molar-refractivity contribution in [3.05, 3.63) is 71.3 Å². The van der Waals surface area contributed by atoms with Crippen LogP contribution >= 0.6 is 0 Å². The number of rotatable bonds is 4. The van der Waals surface area contributed by atoms with Gasteiger partial charge in [-0.05, 0) is 66.7 Å². The summed E-state index contributed by atoms with van der Waals surface area (Å²) in [5.41, 5.74) is 2.92. The quantitative estimate of drug-likeness (QED) is 0.288. The van der Waals surface area contributed by atoms with Gasteiger partial charge in [-0.15, -0.1) is 0 Å². The van der Waals surface area contributed by atoms with Crippen molar-refractivity contribution in [2.45, 2.75) is 20.4 Å². The highest BCUT2D eigenvalue weighted by Crippen LogP contribution is 2.41. The van der Waals surface area contributed by atoms with Crippen LogP contribution in [0.5, 0.6) is 11.5 Å². The number of carbonyl (C=O) groups is 3. The van der Waals surface area contributed by atoms with Crippen LogP contribution in [0.25, 0.3) is 21.8 Å². The fourth-order valence-corrected chi connectivity index (χ4v) is 4.13. The van der Waals surface area contributed by atoms with Gasteiger partial charge in [-0.1, -0.05) is 0 Å². The number of aryl methyl sites for hydroxylation is 1. The molecule has 8 heteroatoms. The Morgan fingerprint density at radius 1 is 1.03 bits per heavy atom. The van der Waals surface area contributed by atoms with Gasteiger partial charge in [-0.3, -0.25) is 9.59 Å². The number of nitrogens with zero attached hydrogens (tertiary/aromatic N) is 2.